The second-order valence-corrected chi connectivity index (χ2v) is 5.40. The molecule has 1 N–H and O–H groups in total. The van der Waals surface area contributed by atoms with Crippen molar-refractivity contribution in [2.45, 2.75) is 33.2 Å². The average molecular weight is 210 g/mol. The molecule has 4 atom stereocenters. The van der Waals surface area contributed by atoms with Gasteiger partial charge in [-0.15, -0.1) is 0 Å². The summed E-state index contributed by atoms with van der Waals surface area (Å²) in [6.45, 7) is 9.55. The van der Waals surface area contributed by atoms with Crippen molar-refractivity contribution in [2.75, 3.05) is 19.6 Å². The van der Waals surface area contributed by atoms with E-state index in [0.29, 0.717) is 23.7 Å². The SMILES string of the molecule is CC1CN(C(=O)C2NCCC2C)CC1C. The van der Waals surface area contributed by atoms with E-state index in [1.165, 1.54) is 0 Å². The molecule has 2 saturated heterocycles. The third-order valence-electron chi connectivity index (χ3n) is 4.10. The molecular formula is C12H22N2O. The predicted molar refractivity (Wildman–Crippen MR) is 60.5 cm³/mol. The molecule has 0 radical (unpaired) electrons. The highest BCUT2D eigenvalue weighted by Gasteiger charge is 2.36. The second-order valence-electron chi connectivity index (χ2n) is 5.40. The van der Waals surface area contributed by atoms with Crippen molar-refractivity contribution in [1.82, 2.24) is 10.2 Å². The summed E-state index contributed by atoms with van der Waals surface area (Å²) in [5.74, 6) is 2.15. The van der Waals surface area contributed by atoms with E-state index in [2.05, 4.69) is 31.0 Å². The molecule has 0 spiro atoms. The highest BCUT2D eigenvalue weighted by Crippen LogP contribution is 2.25. The number of likely N-dealkylation sites (tertiary alicyclic amines) is 1. The zero-order chi connectivity index (χ0) is 11.0. The molecule has 2 rings (SSSR count). The molecule has 0 aliphatic carbocycles. The van der Waals surface area contributed by atoms with E-state index in [-0.39, 0.29) is 6.04 Å². The Hall–Kier alpha value is -0.570. The van der Waals surface area contributed by atoms with Gasteiger partial charge in [-0.3, -0.25) is 4.79 Å². The van der Waals surface area contributed by atoms with Crippen LogP contribution >= 0.6 is 0 Å². The number of nitrogens with zero attached hydrogens (tertiary/aromatic N) is 1. The minimum absolute atomic E-state index is 0.0856. The lowest BCUT2D eigenvalue weighted by Crippen LogP contribution is -2.45. The lowest BCUT2D eigenvalue weighted by Gasteiger charge is -2.23. The van der Waals surface area contributed by atoms with Crippen molar-refractivity contribution < 1.29 is 4.79 Å². The maximum absolute atomic E-state index is 12.2. The van der Waals surface area contributed by atoms with Gasteiger partial charge in [0, 0.05) is 13.1 Å². The first-order valence-corrected chi connectivity index (χ1v) is 6.11. The molecule has 15 heavy (non-hydrogen) atoms. The Morgan fingerprint density at radius 3 is 2.20 bits per heavy atom. The van der Waals surface area contributed by atoms with Crippen LogP contribution in [0.15, 0.2) is 0 Å². The quantitative estimate of drug-likeness (QED) is 0.703. The molecule has 2 aliphatic heterocycles. The van der Waals surface area contributed by atoms with E-state index in [9.17, 15) is 4.79 Å². The second kappa shape index (κ2) is 4.12. The van der Waals surface area contributed by atoms with Crippen LogP contribution in [0.25, 0.3) is 0 Å². The summed E-state index contributed by atoms with van der Waals surface area (Å²) in [7, 11) is 0. The van der Waals surface area contributed by atoms with Crippen LogP contribution in [0.4, 0.5) is 0 Å². The first kappa shape index (κ1) is 10.9. The molecule has 0 aromatic carbocycles. The topological polar surface area (TPSA) is 32.3 Å². The summed E-state index contributed by atoms with van der Waals surface area (Å²) >= 11 is 0. The standard InChI is InChI=1S/C12H22N2O/c1-8-4-5-13-11(8)12(15)14-6-9(2)10(3)7-14/h8-11,13H,4-7H2,1-3H3. The molecule has 3 nitrogen and oxygen atoms in total. The molecule has 2 fully saturated rings. The third kappa shape index (κ3) is 2.03. The van der Waals surface area contributed by atoms with Crippen LogP contribution in [-0.4, -0.2) is 36.5 Å². The van der Waals surface area contributed by atoms with Crippen molar-refractivity contribution in [3.8, 4) is 0 Å². The fourth-order valence-corrected chi connectivity index (χ4v) is 2.67. The fourth-order valence-electron chi connectivity index (χ4n) is 2.67. The van der Waals surface area contributed by atoms with Crippen molar-refractivity contribution >= 4 is 5.91 Å². The fraction of sp³-hybridized carbons (Fsp3) is 0.917. The van der Waals surface area contributed by atoms with Gasteiger partial charge in [-0.05, 0) is 30.7 Å². The Morgan fingerprint density at radius 2 is 1.73 bits per heavy atom. The van der Waals surface area contributed by atoms with Gasteiger partial charge in [-0.2, -0.15) is 0 Å². The van der Waals surface area contributed by atoms with Crippen LogP contribution in [0.3, 0.4) is 0 Å². The van der Waals surface area contributed by atoms with Gasteiger partial charge < -0.3 is 10.2 Å². The molecule has 2 heterocycles. The van der Waals surface area contributed by atoms with Crippen LogP contribution in [0.1, 0.15) is 27.2 Å². The van der Waals surface area contributed by atoms with Crippen LogP contribution in [0.2, 0.25) is 0 Å². The first-order valence-electron chi connectivity index (χ1n) is 6.11. The van der Waals surface area contributed by atoms with E-state index in [1.807, 2.05) is 0 Å². The van der Waals surface area contributed by atoms with Crippen molar-refractivity contribution in [2.24, 2.45) is 17.8 Å². The molecule has 3 heteroatoms. The van der Waals surface area contributed by atoms with E-state index in [0.717, 1.165) is 26.1 Å². The number of carbonyl (C=O) groups is 1. The monoisotopic (exact) mass is 210 g/mol. The summed E-state index contributed by atoms with van der Waals surface area (Å²) in [6.07, 6.45) is 1.13. The lowest BCUT2D eigenvalue weighted by atomic mass is 10.0. The van der Waals surface area contributed by atoms with Gasteiger partial charge in [0.15, 0.2) is 0 Å². The molecule has 0 aromatic heterocycles. The molecule has 0 aromatic rings. The third-order valence-corrected chi connectivity index (χ3v) is 4.10. The smallest absolute Gasteiger partial charge is 0.240 e. The predicted octanol–water partition coefficient (Wildman–Crippen LogP) is 1.10. The number of hydrogen-bond donors (Lipinski definition) is 1. The van der Waals surface area contributed by atoms with Crippen LogP contribution in [0.5, 0.6) is 0 Å². The summed E-state index contributed by atoms with van der Waals surface area (Å²) < 4.78 is 0. The van der Waals surface area contributed by atoms with E-state index < -0.39 is 0 Å². The van der Waals surface area contributed by atoms with Gasteiger partial charge in [-0.1, -0.05) is 20.8 Å². The van der Waals surface area contributed by atoms with E-state index in [4.69, 9.17) is 0 Å². The Labute approximate surface area is 92.2 Å². The van der Waals surface area contributed by atoms with Gasteiger partial charge in [0.05, 0.1) is 6.04 Å². The van der Waals surface area contributed by atoms with Gasteiger partial charge in [0.25, 0.3) is 0 Å². The van der Waals surface area contributed by atoms with E-state index in [1.54, 1.807) is 0 Å². The summed E-state index contributed by atoms with van der Waals surface area (Å²) in [5, 5.41) is 3.32. The lowest BCUT2D eigenvalue weighted by molar-refractivity contribution is -0.133. The van der Waals surface area contributed by atoms with E-state index >= 15 is 0 Å². The minimum atomic E-state index is 0.0856. The molecule has 0 bridgehead atoms. The Kier molecular flexibility index (Phi) is 3.01. The van der Waals surface area contributed by atoms with Crippen LogP contribution in [-0.2, 0) is 4.79 Å². The Morgan fingerprint density at radius 1 is 1.13 bits per heavy atom. The first-order chi connectivity index (χ1) is 7.09. The Bertz CT molecular complexity index is 244. The minimum Gasteiger partial charge on any atom is -0.341 e. The normalized spacial score (nSPS) is 41.1. The molecule has 0 saturated carbocycles. The zero-order valence-corrected chi connectivity index (χ0v) is 9.99. The highest BCUT2D eigenvalue weighted by molar-refractivity contribution is 5.82. The van der Waals surface area contributed by atoms with Gasteiger partial charge >= 0.3 is 0 Å². The Balaban J connectivity index is 1.97. The average Bonchev–Trinajstić information content (AvgIpc) is 2.74. The number of nitrogens with one attached hydrogen (secondary N) is 1. The molecule has 4 unspecified atom stereocenters. The molecular weight excluding hydrogens is 188 g/mol. The molecule has 86 valence electrons. The van der Waals surface area contributed by atoms with Gasteiger partial charge in [0.2, 0.25) is 5.91 Å². The van der Waals surface area contributed by atoms with Gasteiger partial charge in [-0.25, -0.2) is 0 Å². The van der Waals surface area contributed by atoms with Crippen molar-refractivity contribution in [1.29, 1.82) is 0 Å². The summed E-state index contributed by atoms with van der Waals surface area (Å²) in [4.78, 5) is 14.3. The molecule has 1 amide bonds. The highest BCUT2D eigenvalue weighted by atomic mass is 16.2. The number of carbonyl (C=O) groups excluding carboxylic acids is 1. The number of amides is 1. The maximum atomic E-state index is 12.2. The van der Waals surface area contributed by atoms with Crippen molar-refractivity contribution in [3.63, 3.8) is 0 Å². The number of hydrogen-bond acceptors (Lipinski definition) is 2. The maximum Gasteiger partial charge on any atom is 0.240 e. The van der Waals surface area contributed by atoms with Crippen LogP contribution in [0, 0.1) is 17.8 Å². The summed E-state index contributed by atoms with van der Waals surface area (Å²) in [6, 6.07) is 0.0856. The summed E-state index contributed by atoms with van der Waals surface area (Å²) in [5.41, 5.74) is 0. The van der Waals surface area contributed by atoms with Crippen LogP contribution < -0.4 is 5.32 Å². The van der Waals surface area contributed by atoms with Crippen molar-refractivity contribution in [3.05, 3.63) is 0 Å². The zero-order valence-electron chi connectivity index (χ0n) is 9.99. The number of rotatable bonds is 1. The van der Waals surface area contributed by atoms with Gasteiger partial charge in [0.1, 0.15) is 0 Å². The molecule has 2 aliphatic rings. The largest absolute Gasteiger partial charge is 0.341 e.